The van der Waals surface area contributed by atoms with Gasteiger partial charge in [0.05, 0.1) is 5.75 Å². The number of benzene rings is 3. The first-order valence-electron chi connectivity index (χ1n) is 9.33. The van der Waals surface area contributed by atoms with Gasteiger partial charge < -0.3 is 0 Å². The van der Waals surface area contributed by atoms with Gasteiger partial charge in [0, 0.05) is 25.2 Å². The standard InChI is InChI=1S/C22H22N2O3S/c25-22(21-11-5-9-18-7-3-4-10-20(18)21)23-28(26,27)15-14-24-13-12-17-6-1-2-8-19(17)16-24/h1-11H,12-16H2,(H,23,25). The van der Waals surface area contributed by atoms with E-state index < -0.39 is 15.9 Å². The molecule has 0 saturated carbocycles. The number of hydrogen-bond donors (Lipinski definition) is 1. The highest BCUT2D eigenvalue weighted by atomic mass is 32.2. The van der Waals surface area contributed by atoms with Crippen LogP contribution in [0.3, 0.4) is 0 Å². The number of carbonyl (C=O) groups excluding carboxylic acids is 1. The van der Waals surface area contributed by atoms with Gasteiger partial charge in [-0.25, -0.2) is 13.1 Å². The molecule has 0 fully saturated rings. The van der Waals surface area contributed by atoms with Crippen LogP contribution in [0.15, 0.2) is 66.7 Å². The molecule has 144 valence electrons. The van der Waals surface area contributed by atoms with E-state index in [0.29, 0.717) is 12.1 Å². The van der Waals surface area contributed by atoms with Gasteiger partial charge in [-0.2, -0.15) is 0 Å². The van der Waals surface area contributed by atoms with E-state index in [1.807, 2.05) is 42.5 Å². The Hall–Kier alpha value is -2.70. The molecule has 1 heterocycles. The van der Waals surface area contributed by atoms with E-state index in [2.05, 4.69) is 21.8 Å². The monoisotopic (exact) mass is 394 g/mol. The fourth-order valence-corrected chi connectivity index (χ4v) is 4.66. The van der Waals surface area contributed by atoms with Gasteiger partial charge in [0.2, 0.25) is 10.0 Å². The Labute approximate surface area is 165 Å². The van der Waals surface area contributed by atoms with Crippen molar-refractivity contribution < 1.29 is 13.2 Å². The molecule has 0 aromatic heterocycles. The second kappa shape index (κ2) is 7.73. The number of carbonyl (C=O) groups is 1. The maximum absolute atomic E-state index is 12.6. The smallest absolute Gasteiger partial charge is 0.265 e. The summed E-state index contributed by atoms with van der Waals surface area (Å²) >= 11 is 0. The van der Waals surface area contributed by atoms with Crippen LogP contribution in [0, 0.1) is 0 Å². The van der Waals surface area contributed by atoms with Crippen molar-refractivity contribution in [1.29, 1.82) is 0 Å². The molecule has 28 heavy (non-hydrogen) atoms. The van der Waals surface area contributed by atoms with E-state index >= 15 is 0 Å². The lowest BCUT2D eigenvalue weighted by atomic mass is 10.0. The lowest BCUT2D eigenvalue weighted by molar-refractivity contribution is 0.0983. The largest absolute Gasteiger partial charge is 0.298 e. The van der Waals surface area contributed by atoms with Crippen LogP contribution in [0.4, 0.5) is 0 Å². The number of nitrogens with zero attached hydrogens (tertiary/aromatic N) is 1. The van der Waals surface area contributed by atoms with Gasteiger partial charge in [-0.05, 0) is 34.4 Å². The van der Waals surface area contributed by atoms with Gasteiger partial charge in [0.25, 0.3) is 5.91 Å². The zero-order chi connectivity index (χ0) is 19.6. The van der Waals surface area contributed by atoms with Gasteiger partial charge in [0.15, 0.2) is 0 Å². The van der Waals surface area contributed by atoms with Gasteiger partial charge in [-0.1, -0.05) is 60.7 Å². The van der Waals surface area contributed by atoms with Crippen LogP contribution in [0.25, 0.3) is 10.8 Å². The average Bonchev–Trinajstić information content (AvgIpc) is 2.71. The SMILES string of the molecule is O=C(NS(=O)(=O)CCN1CCc2ccccc2C1)c1cccc2ccccc12. The Morgan fingerprint density at radius 2 is 1.64 bits per heavy atom. The molecule has 0 unspecified atom stereocenters. The Bertz CT molecular complexity index is 1120. The highest BCUT2D eigenvalue weighted by molar-refractivity contribution is 7.90. The molecule has 1 amide bonds. The van der Waals surface area contributed by atoms with E-state index in [-0.39, 0.29) is 5.75 Å². The molecule has 0 aliphatic carbocycles. The molecule has 6 heteroatoms. The van der Waals surface area contributed by atoms with Gasteiger partial charge in [-0.15, -0.1) is 0 Å². The van der Waals surface area contributed by atoms with Crippen molar-refractivity contribution in [2.45, 2.75) is 13.0 Å². The van der Waals surface area contributed by atoms with Crippen LogP contribution < -0.4 is 4.72 Å². The van der Waals surface area contributed by atoms with Crippen molar-refractivity contribution in [3.05, 3.63) is 83.4 Å². The summed E-state index contributed by atoms with van der Waals surface area (Å²) in [7, 11) is -3.72. The Kier molecular flexibility index (Phi) is 5.15. The Balaban J connectivity index is 1.41. The highest BCUT2D eigenvalue weighted by Gasteiger charge is 2.21. The summed E-state index contributed by atoms with van der Waals surface area (Å²) in [6.07, 6.45) is 0.915. The minimum absolute atomic E-state index is 0.105. The van der Waals surface area contributed by atoms with E-state index in [4.69, 9.17) is 0 Å². The fraction of sp³-hybridized carbons (Fsp3) is 0.227. The lowest BCUT2D eigenvalue weighted by Crippen LogP contribution is -2.39. The van der Waals surface area contributed by atoms with E-state index in [1.165, 1.54) is 11.1 Å². The zero-order valence-electron chi connectivity index (χ0n) is 15.5. The van der Waals surface area contributed by atoms with Crippen molar-refractivity contribution in [2.75, 3.05) is 18.8 Å². The maximum Gasteiger partial charge on any atom is 0.265 e. The van der Waals surface area contributed by atoms with Gasteiger partial charge in [0.1, 0.15) is 0 Å². The van der Waals surface area contributed by atoms with Crippen LogP contribution in [-0.4, -0.2) is 38.1 Å². The summed E-state index contributed by atoms with van der Waals surface area (Å²) in [6.45, 7) is 1.96. The summed E-state index contributed by atoms with van der Waals surface area (Å²) in [4.78, 5) is 14.7. The molecule has 0 radical (unpaired) electrons. The lowest BCUT2D eigenvalue weighted by Gasteiger charge is -2.28. The third-order valence-electron chi connectivity index (χ3n) is 5.17. The predicted molar refractivity (Wildman–Crippen MR) is 111 cm³/mol. The summed E-state index contributed by atoms with van der Waals surface area (Å²) in [5.41, 5.74) is 2.94. The number of rotatable bonds is 5. The maximum atomic E-state index is 12.6. The first-order valence-corrected chi connectivity index (χ1v) is 11.0. The third kappa shape index (κ3) is 4.08. The van der Waals surface area contributed by atoms with E-state index in [1.54, 1.807) is 12.1 Å². The third-order valence-corrected chi connectivity index (χ3v) is 6.38. The quantitative estimate of drug-likeness (QED) is 0.723. The fourth-order valence-electron chi connectivity index (χ4n) is 3.66. The number of hydrogen-bond acceptors (Lipinski definition) is 4. The molecular formula is C22H22N2O3S. The summed E-state index contributed by atoms with van der Waals surface area (Å²) < 4.78 is 27.2. The van der Waals surface area contributed by atoms with Crippen molar-refractivity contribution in [3.63, 3.8) is 0 Å². The Morgan fingerprint density at radius 1 is 0.929 bits per heavy atom. The van der Waals surface area contributed by atoms with Crippen molar-refractivity contribution in [3.8, 4) is 0 Å². The van der Waals surface area contributed by atoms with Crippen molar-refractivity contribution in [1.82, 2.24) is 9.62 Å². The average molecular weight is 394 g/mol. The first-order chi connectivity index (χ1) is 13.5. The predicted octanol–water partition coefficient (Wildman–Crippen LogP) is 2.96. The molecule has 0 saturated heterocycles. The number of fused-ring (bicyclic) bond motifs is 2. The Morgan fingerprint density at radius 3 is 2.50 bits per heavy atom. The summed E-state index contributed by atoms with van der Waals surface area (Å²) in [6, 6.07) is 21.0. The van der Waals surface area contributed by atoms with Crippen LogP contribution in [-0.2, 0) is 23.0 Å². The van der Waals surface area contributed by atoms with E-state index in [9.17, 15) is 13.2 Å². The molecule has 3 aromatic carbocycles. The van der Waals surface area contributed by atoms with Crippen molar-refractivity contribution >= 4 is 26.7 Å². The van der Waals surface area contributed by atoms with Gasteiger partial charge in [-0.3, -0.25) is 9.69 Å². The van der Waals surface area contributed by atoms with Crippen molar-refractivity contribution in [2.24, 2.45) is 0 Å². The number of sulfonamides is 1. The first kappa shape index (κ1) is 18.7. The summed E-state index contributed by atoms with van der Waals surface area (Å²) in [5.74, 6) is -0.688. The number of nitrogens with one attached hydrogen (secondary N) is 1. The minimum Gasteiger partial charge on any atom is -0.298 e. The molecule has 3 aromatic rings. The van der Waals surface area contributed by atoms with Crippen LogP contribution in [0.5, 0.6) is 0 Å². The zero-order valence-corrected chi connectivity index (χ0v) is 16.3. The molecular weight excluding hydrogens is 372 g/mol. The second-order valence-corrected chi connectivity index (χ2v) is 8.91. The molecule has 0 bridgehead atoms. The van der Waals surface area contributed by atoms with Gasteiger partial charge >= 0.3 is 0 Å². The van der Waals surface area contributed by atoms with Crippen LogP contribution in [0.1, 0.15) is 21.5 Å². The normalized spacial score (nSPS) is 14.6. The molecule has 1 aliphatic heterocycles. The molecule has 0 spiro atoms. The molecule has 1 aliphatic rings. The molecule has 1 N–H and O–H groups in total. The van der Waals surface area contributed by atoms with Crippen LogP contribution >= 0.6 is 0 Å². The molecule has 5 nitrogen and oxygen atoms in total. The molecule has 0 atom stereocenters. The minimum atomic E-state index is -3.72. The topological polar surface area (TPSA) is 66.5 Å². The molecule has 4 rings (SSSR count). The van der Waals surface area contributed by atoms with E-state index in [0.717, 1.165) is 30.3 Å². The second-order valence-electron chi connectivity index (χ2n) is 7.07. The number of amides is 1. The van der Waals surface area contributed by atoms with Crippen LogP contribution in [0.2, 0.25) is 0 Å². The summed E-state index contributed by atoms with van der Waals surface area (Å²) in [5, 5.41) is 1.64. The highest BCUT2D eigenvalue weighted by Crippen LogP contribution is 2.19.